The Morgan fingerprint density at radius 2 is 1.89 bits per heavy atom. The zero-order chi connectivity index (χ0) is 14.3. The van der Waals surface area contributed by atoms with Crippen LogP contribution in [-0.4, -0.2) is 32.3 Å². The number of unbranched alkanes of at least 4 members (excludes halogenated alkanes) is 1. The lowest BCUT2D eigenvalue weighted by Gasteiger charge is -2.09. The predicted octanol–water partition coefficient (Wildman–Crippen LogP) is 2.48. The third kappa shape index (κ3) is 5.03. The summed E-state index contributed by atoms with van der Waals surface area (Å²) in [6, 6.07) is 6.74. The van der Waals surface area contributed by atoms with Crippen molar-refractivity contribution in [3.05, 3.63) is 29.8 Å². The maximum atomic E-state index is 12.1. The van der Waals surface area contributed by atoms with Crippen LogP contribution in [0, 0.1) is 0 Å². The van der Waals surface area contributed by atoms with Gasteiger partial charge in [0.05, 0.1) is 17.9 Å². The fourth-order valence-corrected chi connectivity index (χ4v) is 3.12. The molecule has 0 aliphatic heterocycles. The maximum absolute atomic E-state index is 12.1. The average Bonchev–Trinajstić information content (AvgIpc) is 2.37. The van der Waals surface area contributed by atoms with E-state index in [9.17, 15) is 13.2 Å². The normalized spacial score (nSPS) is 11.3. The number of rotatable bonds is 8. The lowest BCUT2D eigenvalue weighted by molar-refractivity contribution is 0.101. The highest BCUT2D eigenvalue weighted by Gasteiger charge is 2.20. The number of ether oxygens (including phenoxy) is 1. The van der Waals surface area contributed by atoms with E-state index in [2.05, 4.69) is 0 Å². The highest BCUT2D eigenvalue weighted by molar-refractivity contribution is 7.92. The molecule has 0 atom stereocenters. The average molecular weight is 284 g/mol. The molecule has 0 bridgehead atoms. The third-order valence-electron chi connectivity index (χ3n) is 2.65. The van der Waals surface area contributed by atoms with Crippen molar-refractivity contribution in [2.24, 2.45) is 0 Å². The molecule has 0 aliphatic rings. The van der Waals surface area contributed by atoms with E-state index >= 15 is 0 Å². The number of ketones is 1. The van der Waals surface area contributed by atoms with Gasteiger partial charge in [0.15, 0.2) is 15.6 Å². The van der Waals surface area contributed by atoms with Crippen LogP contribution >= 0.6 is 0 Å². The minimum absolute atomic E-state index is 0.0615. The van der Waals surface area contributed by atoms with Gasteiger partial charge < -0.3 is 4.74 Å². The summed E-state index contributed by atoms with van der Waals surface area (Å²) < 4.78 is 28.9. The summed E-state index contributed by atoms with van der Waals surface area (Å²) in [4.78, 5) is 12.1. The molecule has 0 unspecified atom stereocenters. The first-order chi connectivity index (χ1) is 9.00. The van der Waals surface area contributed by atoms with Crippen LogP contribution in [0.2, 0.25) is 0 Å². The fourth-order valence-electron chi connectivity index (χ4n) is 1.69. The van der Waals surface area contributed by atoms with Crippen LogP contribution in [0.1, 0.15) is 37.0 Å². The topological polar surface area (TPSA) is 60.4 Å². The Morgan fingerprint density at radius 3 is 2.53 bits per heavy atom. The van der Waals surface area contributed by atoms with Crippen molar-refractivity contribution >= 4 is 15.6 Å². The van der Waals surface area contributed by atoms with Crippen molar-refractivity contribution in [2.75, 3.05) is 18.1 Å². The second kappa shape index (κ2) is 7.28. The quantitative estimate of drug-likeness (QED) is 0.688. The van der Waals surface area contributed by atoms with Gasteiger partial charge in [0, 0.05) is 0 Å². The molecule has 1 rings (SSSR count). The summed E-state index contributed by atoms with van der Waals surface area (Å²) in [5.41, 5.74) is 0.337. The van der Waals surface area contributed by atoms with Gasteiger partial charge in [-0.3, -0.25) is 4.79 Å². The number of carbonyl (C=O) groups excluding carboxylic acids is 1. The second-order valence-corrected chi connectivity index (χ2v) is 6.48. The highest BCUT2D eigenvalue weighted by Crippen LogP contribution is 2.19. The van der Waals surface area contributed by atoms with Crippen molar-refractivity contribution in [1.29, 1.82) is 0 Å². The molecule has 0 N–H and O–H groups in total. The van der Waals surface area contributed by atoms with Gasteiger partial charge in [-0.25, -0.2) is 8.42 Å². The van der Waals surface area contributed by atoms with E-state index in [1.807, 2.05) is 13.8 Å². The molecule has 5 heteroatoms. The lowest BCUT2D eigenvalue weighted by atomic mass is 10.1. The van der Waals surface area contributed by atoms with Crippen LogP contribution in [0.15, 0.2) is 24.3 Å². The van der Waals surface area contributed by atoms with E-state index in [0.717, 1.165) is 6.42 Å². The zero-order valence-electron chi connectivity index (χ0n) is 11.4. The van der Waals surface area contributed by atoms with Crippen LogP contribution in [-0.2, 0) is 9.84 Å². The first-order valence-corrected chi connectivity index (χ1v) is 8.27. The predicted molar refractivity (Wildman–Crippen MR) is 75.5 cm³/mol. The standard InChI is InChI=1S/C14H20O4S/c1-3-5-10-19(16,17)11-13(15)12-8-6-7-9-14(12)18-4-2/h6-9H,3-5,10-11H2,1-2H3. The second-order valence-electron chi connectivity index (χ2n) is 4.30. The maximum Gasteiger partial charge on any atom is 0.181 e. The number of sulfone groups is 1. The van der Waals surface area contributed by atoms with Crippen LogP contribution in [0.4, 0.5) is 0 Å². The van der Waals surface area contributed by atoms with Gasteiger partial charge in [0.1, 0.15) is 11.5 Å². The Balaban J connectivity index is 2.84. The number of benzene rings is 1. The Labute approximate surface area is 114 Å². The molecule has 0 aromatic heterocycles. The van der Waals surface area contributed by atoms with E-state index in [1.165, 1.54) is 0 Å². The number of hydrogen-bond donors (Lipinski definition) is 0. The van der Waals surface area contributed by atoms with E-state index in [-0.39, 0.29) is 5.75 Å². The van der Waals surface area contributed by atoms with E-state index in [1.54, 1.807) is 24.3 Å². The van der Waals surface area contributed by atoms with Gasteiger partial charge in [-0.2, -0.15) is 0 Å². The number of para-hydroxylation sites is 1. The van der Waals surface area contributed by atoms with Gasteiger partial charge in [-0.1, -0.05) is 25.5 Å². The molecule has 0 fully saturated rings. The van der Waals surface area contributed by atoms with Crippen LogP contribution < -0.4 is 4.74 Å². The molecule has 4 nitrogen and oxygen atoms in total. The Morgan fingerprint density at radius 1 is 1.21 bits per heavy atom. The first kappa shape index (κ1) is 15.7. The van der Waals surface area contributed by atoms with Gasteiger partial charge in [-0.05, 0) is 25.5 Å². The van der Waals surface area contributed by atoms with Crippen molar-refractivity contribution in [2.45, 2.75) is 26.7 Å². The smallest absolute Gasteiger partial charge is 0.181 e. The zero-order valence-corrected chi connectivity index (χ0v) is 12.2. The van der Waals surface area contributed by atoms with Crippen LogP contribution in [0.3, 0.4) is 0 Å². The molecule has 0 radical (unpaired) electrons. The molecule has 1 aromatic carbocycles. The lowest BCUT2D eigenvalue weighted by Crippen LogP contribution is -2.19. The Bertz CT molecular complexity index is 520. The van der Waals surface area contributed by atoms with Crippen molar-refractivity contribution in [3.8, 4) is 5.75 Å². The molecular weight excluding hydrogens is 264 g/mol. The number of carbonyl (C=O) groups is 1. The number of Topliss-reactive ketones (excluding diaryl/α,β-unsaturated/α-hetero) is 1. The minimum Gasteiger partial charge on any atom is -0.493 e. The summed E-state index contributed by atoms with van der Waals surface area (Å²) in [6.07, 6.45) is 1.38. The monoisotopic (exact) mass is 284 g/mol. The van der Waals surface area contributed by atoms with Crippen LogP contribution in [0.25, 0.3) is 0 Å². The van der Waals surface area contributed by atoms with Crippen molar-refractivity contribution < 1.29 is 17.9 Å². The molecule has 106 valence electrons. The molecule has 0 amide bonds. The fraction of sp³-hybridized carbons (Fsp3) is 0.500. The van der Waals surface area contributed by atoms with E-state index < -0.39 is 21.4 Å². The summed E-state index contributed by atoms with van der Waals surface area (Å²) in [5, 5.41) is 0. The molecular formula is C14H20O4S. The molecule has 0 saturated carbocycles. The van der Waals surface area contributed by atoms with Crippen molar-refractivity contribution in [3.63, 3.8) is 0 Å². The summed E-state index contributed by atoms with van der Waals surface area (Å²) >= 11 is 0. The van der Waals surface area contributed by atoms with Gasteiger partial charge >= 0.3 is 0 Å². The van der Waals surface area contributed by atoms with Gasteiger partial charge in [0.25, 0.3) is 0 Å². The Hall–Kier alpha value is -1.36. The number of hydrogen-bond acceptors (Lipinski definition) is 4. The van der Waals surface area contributed by atoms with E-state index in [0.29, 0.717) is 24.3 Å². The summed E-state index contributed by atoms with van der Waals surface area (Å²) in [6.45, 7) is 4.17. The first-order valence-electron chi connectivity index (χ1n) is 6.45. The molecule has 0 aliphatic carbocycles. The summed E-state index contributed by atoms with van der Waals surface area (Å²) in [5.74, 6) is -0.343. The van der Waals surface area contributed by atoms with Crippen molar-refractivity contribution in [1.82, 2.24) is 0 Å². The van der Waals surface area contributed by atoms with Gasteiger partial charge in [-0.15, -0.1) is 0 Å². The Kier molecular flexibility index (Phi) is 6.02. The molecule has 1 aromatic rings. The van der Waals surface area contributed by atoms with Gasteiger partial charge in [0.2, 0.25) is 0 Å². The van der Waals surface area contributed by atoms with Crippen LogP contribution in [0.5, 0.6) is 5.75 Å². The molecule has 0 saturated heterocycles. The summed E-state index contributed by atoms with van der Waals surface area (Å²) in [7, 11) is -3.33. The van der Waals surface area contributed by atoms with E-state index in [4.69, 9.17) is 4.74 Å². The molecule has 19 heavy (non-hydrogen) atoms. The third-order valence-corrected chi connectivity index (χ3v) is 4.26. The SMILES string of the molecule is CCCCS(=O)(=O)CC(=O)c1ccccc1OCC. The highest BCUT2D eigenvalue weighted by atomic mass is 32.2. The molecule has 0 heterocycles. The molecule has 0 spiro atoms. The largest absolute Gasteiger partial charge is 0.493 e. The minimum atomic E-state index is -3.33.